The minimum Gasteiger partial charge on any atom is -0.379 e. The van der Waals surface area contributed by atoms with Gasteiger partial charge in [0.25, 0.3) is 0 Å². The number of nitrogens with zero attached hydrogens (tertiary/aromatic N) is 2. The highest BCUT2D eigenvalue weighted by atomic mass is 16.5. The van der Waals surface area contributed by atoms with Crippen LogP contribution in [0.1, 0.15) is 54.4 Å². The lowest BCUT2D eigenvalue weighted by atomic mass is 9.90. The van der Waals surface area contributed by atoms with Crippen LogP contribution in [-0.2, 0) is 19.1 Å². The van der Waals surface area contributed by atoms with Gasteiger partial charge >= 0.3 is 0 Å². The molecule has 8 nitrogen and oxygen atoms in total. The van der Waals surface area contributed by atoms with Crippen LogP contribution in [0.2, 0.25) is 0 Å². The number of ether oxygens (including phenoxy) is 1. The zero-order valence-electron chi connectivity index (χ0n) is 20.6. The summed E-state index contributed by atoms with van der Waals surface area (Å²) in [4.78, 5) is 41.5. The van der Waals surface area contributed by atoms with Crippen LogP contribution in [0.4, 0.5) is 0 Å². The van der Waals surface area contributed by atoms with E-state index < -0.39 is 18.1 Å². The average Bonchev–Trinajstić information content (AvgIpc) is 2.63. The zero-order valence-corrected chi connectivity index (χ0v) is 20.6. The number of carbonyl (C=O) groups excluding carboxylic acids is 3. The molecule has 0 bridgehead atoms. The quantitative estimate of drug-likeness (QED) is 0.462. The van der Waals surface area contributed by atoms with Gasteiger partial charge in [-0.05, 0) is 31.8 Å². The maximum atomic E-state index is 13.5. The van der Waals surface area contributed by atoms with Crippen molar-refractivity contribution in [1.29, 1.82) is 0 Å². The standard InChI is InChI=1S/C22H44N4O4/c1-11-15(6)20(16(30-10)12-17(23)27)26(9)22(29)18(13(2)3)24-21(28)19(14(4)5)25(7)8/h13-16,18-20H,11-12H2,1-10H3,(H2,23,27)(H,24,28)/t15-,16+,18-,19+,20-/m0/s1. The molecule has 0 aromatic rings. The van der Waals surface area contributed by atoms with Crippen LogP contribution in [0, 0.1) is 17.8 Å². The maximum Gasteiger partial charge on any atom is 0.245 e. The number of carbonyl (C=O) groups is 3. The first-order valence-electron chi connectivity index (χ1n) is 10.8. The second kappa shape index (κ2) is 12.9. The summed E-state index contributed by atoms with van der Waals surface area (Å²) in [5.41, 5.74) is 5.40. The third kappa shape index (κ3) is 7.87. The Hall–Kier alpha value is -1.67. The molecule has 0 heterocycles. The topological polar surface area (TPSA) is 105 Å². The van der Waals surface area contributed by atoms with E-state index in [0.29, 0.717) is 0 Å². The zero-order chi connectivity index (χ0) is 23.8. The minimum absolute atomic E-state index is 0.0257. The van der Waals surface area contributed by atoms with E-state index in [1.54, 1.807) is 11.9 Å². The molecule has 0 saturated carbocycles. The number of hydrogen-bond acceptors (Lipinski definition) is 5. The summed E-state index contributed by atoms with van der Waals surface area (Å²) >= 11 is 0. The molecule has 0 aromatic heterocycles. The van der Waals surface area contributed by atoms with Crippen molar-refractivity contribution >= 4 is 17.7 Å². The number of hydrogen-bond donors (Lipinski definition) is 2. The minimum atomic E-state index is -0.679. The number of nitrogens with one attached hydrogen (secondary N) is 1. The smallest absolute Gasteiger partial charge is 0.245 e. The molecule has 176 valence electrons. The second-order valence-electron chi connectivity index (χ2n) is 9.15. The Morgan fingerprint density at radius 3 is 1.87 bits per heavy atom. The number of nitrogens with two attached hydrogens (primary N) is 1. The first-order valence-corrected chi connectivity index (χ1v) is 10.8. The normalized spacial score (nSPS) is 16.8. The molecule has 0 fully saturated rings. The average molecular weight is 429 g/mol. The SMILES string of the molecule is CC[C@H](C)[C@@H]([C@@H](CC(N)=O)OC)N(C)C(=O)[C@@H](NC(=O)[C@@H](C(C)C)N(C)C)C(C)C. The van der Waals surface area contributed by atoms with Crippen LogP contribution >= 0.6 is 0 Å². The van der Waals surface area contributed by atoms with E-state index in [-0.39, 0.29) is 48.1 Å². The largest absolute Gasteiger partial charge is 0.379 e. The van der Waals surface area contributed by atoms with E-state index in [0.717, 1.165) is 6.42 Å². The summed E-state index contributed by atoms with van der Waals surface area (Å²) in [6, 6.07) is -1.36. The van der Waals surface area contributed by atoms with E-state index in [1.807, 2.05) is 60.5 Å². The van der Waals surface area contributed by atoms with Crippen LogP contribution < -0.4 is 11.1 Å². The predicted octanol–water partition coefficient (Wildman–Crippen LogP) is 1.48. The molecule has 0 unspecified atom stereocenters. The lowest BCUT2D eigenvalue weighted by Gasteiger charge is -2.40. The number of primary amides is 1. The van der Waals surface area contributed by atoms with Crippen molar-refractivity contribution in [2.75, 3.05) is 28.3 Å². The predicted molar refractivity (Wildman–Crippen MR) is 120 cm³/mol. The van der Waals surface area contributed by atoms with Gasteiger partial charge in [0, 0.05) is 14.2 Å². The van der Waals surface area contributed by atoms with Crippen LogP contribution in [0.25, 0.3) is 0 Å². The van der Waals surface area contributed by atoms with Crippen molar-refractivity contribution in [2.24, 2.45) is 23.5 Å². The first kappa shape index (κ1) is 28.3. The van der Waals surface area contributed by atoms with Crippen molar-refractivity contribution in [3.05, 3.63) is 0 Å². The molecule has 0 aliphatic rings. The molecule has 0 aromatic carbocycles. The van der Waals surface area contributed by atoms with Gasteiger partial charge in [0.1, 0.15) is 6.04 Å². The Kier molecular flexibility index (Phi) is 12.2. The van der Waals surface area contributed by atoms with Crippen LogP contribution in [0.15, 0.2) is 0 Å². The summed E-state index contributed by atoms with van der Waals surface area (Å²) < 4.78 is 5.55. The van der Waals surface area contributed by atoms with Crippen LogP contribution in [-0.4, -0.2) is 80.0 Å². The van der Waals surface area contributed by atoms with Gasteiger partial charge in [-0.2, -0.15) is 0 Å². The fourth-order valence-electron chi connectivity index (χ4n) is 4.03. The van der Waals surface area contributed by atoms with Crippen molar-refractivity contribution in [2.45, 2.75) is 78.6 Å². The summed E-state index contributed by atoms with van der Waals surface area (Å²) in [6.07, 6.45) is 0.313. The van der Waals surface area contributed by atoms with Crippen molar-refractivity contribution < 1.29 is 19.1 Å². The molecular formula is C22H44N4O4. The molecule has 3 N–H and O–H groups in total. The van der Waals surface area contributed by atoms with Gasteiger partial charge < -0.3 is 20.7 Å². The van der Waals surface area contributed by atoms with E-state index in [1.165, 1.54) is 7.11 Å². The number of amides is 3. The molecule has 0 radical (unpaired) electrons. The van der Waals surface area contributed by atoms with E-state index >= 15 is 0 Å². The Morgan fingerprint density at radius 1 is 1.00 bits per heavy atom. The highest BCUT2D eigenvalue weighted by molar-refractivity contribution is 5.90. The first-order chi connectivity index (χ1) is 13.8. The lowest BCUT2D eigenvalue weighted by Crippen LogP contribution is -2.59. The molecular weight excluding hydrogens is 384 g/mol. The summed E-state index contributed by atoms with van der Waals surface area (Å²) in [5.74, 6) is -0.768. The molecule has 0 aliphatic heterocycles. The molecule has 0 aliphatic carbocycles. The summed E-state index contributed by atoms with van der Waals surface area (Å²) in [6.45, 7) is 11.8. The Bertz CT molecular complexity index is 557. The summed E-state index contributed by atoms with van der Waals surface area (Å²) in [7, 11) is 6.94. The lowest BCUT2D eigenvalue weighted by molar-refractivity contribution is -0.144. The fourth-order valence-corrected chi connectivity index (χ4v) is 4.03. The Morgan fingerprint density at radius 2 is 1.53 bits per heavy atom. The van der Waals surface area contributed by atoms with Crippen molar-refractivity contribution in [1.82, 2.24) is 15.1 Å². The molecule has 0 rings (SSSR count). The molecule has 5 atom stereocenters. The van der Waals surface area contributed by atoms with Crippen LogP contribution in [0.5, 0.6) is 0 Å². The van der Waals surface area contributed by atoms with Gasteiger partial charge in [0.2, 0.25) is 17.7 Å². The number of rotatable bonds is 13. The monoisotopic (exact) mass is 428 g/mol. The number of likely N-dealkylation sites (N-methyl/N-ethyl adjacent to an activating group) is 2. The van der Waals surface area contributed by atoms with Crippen LogP contribution in [0.3, 0.4) is 0 Å². The van der Waals surface area contributed by atoms with Gasteiger partial charge in [-0.1, -0.05) is 48.0 Å². The van der Waals surface area contributed by atoms with Gasteiger partial charge in [-0.25, -0.2) is 0 Å². The van der Waals surface area contributed by atoms with Gasteiger partial charge in [0.15, 0.2) is 0 Å². The van der Waals surface area contributed by atoms with Gasteiger partial charge in [-0.15, -0.1) is 0 Å². The highest BCUT2D eigenvalue weighted by Crippen LogP contribution is 2.23. The molecule has 0 spiro atoms. The summed E-state index contributed by atoms with van der Waals surface area (Å²) in [5, 5.41) is 2.97. The van der Waals surface area contributed by atoms with E-state index in [2.05, 4.69) is 5.32 Å². The fraction of sp³-hybridized carbons (Fsp3) is 0.864. The molecule has 0 saturated heterocycles. The van der Waals surface area contributed by atoms with Gasteiger partial charge in [0.05, 0.1) is 24.6 Å². The second-order valence-corrected chi connectivity index (χ2v) is 9.15. The maximum absolute atomic E-state index is 13.5. The Labute approximate surface area is 182 Å². The molecule has 8 heteroatoms. The van der Waals surface area contributed by atoms with E-state index in [9.17, 15) is 14.4 Å². The van der Waals surface area contributed by atoms with Gasteiger partial charge in [-0.3, -0.25) is 19.3 Å². The Balaban J connectivity index is 5.80. The highest BCUT2D eigenvalue weighted by Gasteiger charge is 2.38. The van der Waals surface area contributed by atoms with Crippen molar-refractivity contribution in [3.8, 4) is 0 Å². The number of methoxy groups -OCH3 is 1. The van der Waals surface area contributed by atoms with Crippen molar-refractivity contribution in [3.63, 3.8) is 0 Å². The molecule has 3 amide bonds. The third-order valence-electron chi connectivity index (χ3n) is 5.79. The third-order valence-corrected chi connectivity index (χ3v) is 5.79. The molecule has 30 heavy (non-hydrogen) atoms. The van der Waals surface area contributed by atoms with E-state index in [4.69, 9.17) is 10.5 Å².